The molecule has 0 aliphatic carbocycles. The molecule has 0 unspecified atom stereocenters. The maximum absolute atomic E-state index is 13.0. The Balaban J connectivity index is 1.72. The van der Waals surface area contributed by atoms with Crippen molar-refractivity contribution in [1.29, 1.82) is 5.26 Å². The lowest BCUT2D eigenvalue weighted by Gasteiger charge is -2.35. The lowest BCUT2D eigenvalue weighted by atomic mass is 9.96. The molecular formula is C20H20ClN5O3S2. The number of rotatable bonds is 4. The fourth-order valence-corrected chi connectivity index (χ4v) is 6.25. The Kier molecular flexibility index (Phi) is 5.79. The zero-order chi connectivity index (χ0) is 22.3. The van der Waals surface area contributed by atoms with Gasteiger partial charge in [0, 0.05) is 24.7 Å². The average molecular weight is 478 g/mol. The minimum Gasteiger partial charge on any atom is -0.343 e. The molecule has 1 fully saturated rings. The van der Waals surface area contributed by atoms with Gasteiger partial charge in [-0.1, -0.05) is 18.5 Å². The zero-order valence-electron chi connectivity index (χ0n) is 16.9. The molecule has 1 aromatic carbocycles. The molecule has 0 bridgehead atoms. The first-order chi connectivity index (χ1) is 14.7. The molecule has 0 spiro atoms. The molecule has 3 aromatic rings. The Labute approximate surface area is 188 Å². The first kappa shape index (κ1) is 21.8. The van der Waals surface area contributed by atoms with Gasteiger partial charge in [0.15, 0.2) is 5.56 Å². The molecule has 1 saturated heterocycles. The van der Waals surface area contributed by atoms with E-state index in [4.69, 9.17) is 11.6 Å². The number of nitriles is 1. The summed E-state index contributed by atoms with van der Waals surface area (Å²) in [6, 6.07) is 9.00. The van der Waals surface area contributed by atoms with E-state index >= 15 is 0 Å². The number of pyridine rings is 1. The van der Waals surface area contributed by atoms with Gasteiger partial charge in [-0.2, -0.15) is 5.26 Å². The fourth-order valence-electron chi connectivity index (χ4n) is 3.91. The summed E-state index contributed by atoms with van der Waals surface area (Å²) in [4.78, 5) is 17.3. The van der Waals surface area contributed by atoms with E-state index < -0.39 is 10.0 Å². The first-order valence-corrected chi connectivity index (χ1v) is 12.6. The third kappa shape index (κ3) is 4.06. The topological polar surface area (TPSA) is 108 Å². The molecule has 3 heterocycles. The quantitative estimate of drug-likeness (QED) is 0.615. The summed E-state index contributed by atoms with van der Waals surface area (Å²) in [5, 5.41) is 14.5. The number of sulfonamides is 1. The molecule has 1 aliphatic heterocycles. The standard InChI is InChI=1S/C20H20ClN5O3S2/c1-12-11-25(31(2,28)29)9-7-17(12)26-20(27)14(10-22)19(30-26)24-18-13-4-3-8-23-16(13)6-5-15(18)21/h3-6,8,12,17,24H,7,9,11H2,1-2H3/t12-,17+/m0/s1. The normalized spacial score (nSPS) is 19.9. The molecule has 2 aromatic heterocycles. The van der Waals surface area contributed by atoms with Crippen molar-refractivity contribution in [3.05, 3.63) is 51.4 Å². The van der Waals surface area contributed by atoms with Gasteiger partial charge >= 0.3 is 0 Å². The predicted octanol–water partition coefficient (Wildman–Crippen LogP) is 3.57. The number of fused-ring (bicyclic) bond motifs is 1. The number of nitrogens with zero attached hydrogens (tertiary/aromatic N) is 4. The maximum Gasteiger partial charge on any atom is 0.281 e. The Hall–Kier alpha value is -2.45. The molecule has 0 amide bonds. The molecule has 0 saturated carbocycles. The Bertz CT molecular complexity index is 1360. The first-order valence-electron chi connectivity index (χ1n) is 9.62. The summed E-state index contributed by atoms with van der Waals surface area (Å²) in [5.74, 6) is -0.0791. The Morgan fingerprint density at radius 2 is 2.13 bits per heavy atom. The smallest absolute Gasteiger partial charge is 0.281 e. The van der Waals surface area contributed by atoms with Crippen LogP contribution in [0.3, 0.4) is 0 Å². The van der Waals surface area contributed by atoms with Gasteiger partial charge in [-0.15, -0.1) is 0 Å². The van der Waals surface area contributed by atoms with Gasteiger partial charge in [0.1, 0.15) is 11.1 Å². The molecule has 1 aliphatic rings. The lowest BCUT2D eigenvalue weighted by molar-refractivity contribution is 0.208. The van der Waals surface area contributed by atoms with Crippen LogP contribution >= 0.6 is 23.1 Å². The highest BCUT2D eigenvalue weighted by molar-refractivity contribution is 7.88. The van der Waals surface area contributed by atoms with E-state index in [2.05, 4.69) is 10.3 Å². The Morgan fingerprint density at radius 3 is 2.81 bits per heavy atom. The van der Waals surface area contributed by atoms with Gasteiger partial charge in [-0.25, -0.2) is 12.7 Å². The third-order valence-electron chi connectivity index (χ3n) is 5.51. The average Bonchev–Trinajstić information content (AvgIpc) is 3.04. The molecule has 1 N–H and O–H groups in total. The molecular weight excluding hydrogens is 458 g/mol. The molecule has 31 heavy (non-hydrogen) atoms. The van der Waals surface area contributed by atoms with E-state index in [1.54, 1.807) is 28.4 Å². The van der Waals surface area contributed by atoms with Gasteiger partial charge in [0.2, 0.25) is 10.0 Å². The summed E-state index contributed by atoms with van der Waals surface area (Å²) < 4.78 is 26.8. The van der Waals surface area contributed by atoms with Crippen molar-refractivity contribution in [2.45, 2.75) is 19.4 Å². The summed E-state index contributed by atoms with van der Waals surface area (Å²) >= 11 is 7.58. The number of anilines is 2. The number of piperidine rings is 1. The number of hydrogen-bond donors (Lipinski definition) is 1. The molecule has 11 heteroatoms. The van der Waals surface area contributed by atoms with Crippen LogP contribution in [0.1, 0.15) is 24.9 Å². The highest BCUT2D eigenvalue weighted by Gasteiger charge is 2.34. The summed E-state index contributed by atoms with van der Waals surface area (Å²) in [6.07, 6.45) is 3.37. The van der Waals surface area contributed by atoms with Crippen LogP contribution in [0.2, 0.25) is 5.02 Å². The highest BCUT2D eigenvalue weighted by atomic mass is 35.5. The predicted molar refractivity (Wildman–Crippen MR) is 123 cm³/mol. The van der Waals surface area contributed by atoms with Gasteiger partial charge < -0.3 is 5.32 Å². The van der Waals surface area contributed by atoms with Crippen LogP contribution in [-0.2, 0) is 10.0 Å². The molecule has 4 rings (SSSR count). The second kappa shape index (κ2) is 8.24. The van der Waals surface area contributed by atoms with E-state index in [1.165, 1.54) is 22.1 Å². The largest absolute Gasteiger partial charge is 0.343 e. The van der Waals surface area contributed by atoms with Crippen molar-refractivity contribution in [3.63, 3.8) is 0 Å². The number of hydrogen-bond acceptors (Lipinski definition) is 7. The molecule has 8 nitrogen and oxygen atoms in total. The maximum atomic E-state index is 13.0. The lowest BCUT2D eigenvalue weighted by Crippen LogP contribution is -2.44. The van der Waals surface area contributed by atoms with Crippen molar-refractivity contribution < 1.29 is 8.42 Å². The third-order valence-corrected chi connectivity index (χ3v) is 8.21. The number of nitrogens with one attached hydrogen (secondary N) is 1. The van der Waals surface area contributed by atoms with Gasteiger partial charge in [-0.3, -0.25) is 13.7 Å². The van der Waals surface area contributed by atoms with Gasteiger partial charge in [-0.05, 0) is 48.1 Å². The number of aromatic nitrogens is 2. The minimum absolute atomic E-state index is 0.0136. The monoisotopic (exact) mass is 477 g/mol. The van der Waals surface area contributed by atoms with Crippen molar-refractivity contribution in [2.24, 2.45) is 5.92 Å². The van der Waals surface area contributed by atoms with Crippen LogP contribution in [0, 0.1) is 17.2 Å². The number of halogens is 1. The van der Waals surface area contributed by atoms with Gasteiger partial charge in [0.05, 0.1) is 28.5 Å². The second-order valence-electron chi connectivity index (χ2n) is 7.61. The highest BCUT2D eigenvalue weighted by Crippen LogP contribution is 2.37. The van der Waals surface area contributed by atoms with E-state index in [0.717, 1.165) is 10.9 Å². The van der Waals surface area contributed by atoms with Crippen molar-refractivity contribution in [1.82, 2.24) is 13.2 Å². The summed E-state index contributed by atoms with van der Waals surface area (Å²) in [6.45, 7) is 2.59. The fraction of sp³-hybridized carbons (Fsp3) is 0.350. The van der Waals surface area contributed by atoms with E-state index in [9.17, 15) is 18.5 Å². The van der Waals surface area contributed by atoms with E-state index in [-0.39, 0.29) is 23.1 Å². The molecule has 162 valence electrons. The van der Waals surface area contributed by atoms with Crippen LogP contribution in [-0.4, -0.2) is 41.0 Å². The van der Waals surface area contributed by atoms with Crippen molar-refractivity contribution >= 4 is 54.7 Å². The van der Waals surface area contributed by atoms with Crippen LogP contribution in [0.25, 0.3) is 10.9 Å². The van der Waals surface area contributed by atoms with E-state index in [0.29, 0.717) is 35.2 Å². The summed E-state index contributed by atoms with van der Waals surface area (Å²) in [7, 11) is -3.28. The van der Waals surface area contributed by atoms with Crippen LogP contribution < -0.4 is 10.9 Å². The molecule has 2 atom stereocenters. The second-order valence-corrected chi connectivity index (χ2v) is 11.0. The van der Waals surface area contributed by atoms with Crippen LogP contribution in [0.15, 0.2) is 35.3 Å². The SMILES string of the molecule is C[C@H]1CN(S(C)(=O)=O)CC[C@H]1n1sc(Nc2c(Cl)ccc3ncccc23)c(C#N)c1=O. The van der Waals surface area contributed by atoms with Crippen molar-refractivity contribution in [3.8, 4) is 6.07 Å². The van der Waals surface area contributed by atoms with E-state index in [1.807, 2.05) is 19.1 Å². The van der Waals surface area contributed by atoms with Crippen LogP contribution in [0.4, 0.5) is 10.7 Å². The molecule has 0 radical (unpaired) electrons. The van der Waals surface area contributed by atoms with Crippen LogP contribution in [0.5, 0.6) is 0 Å². The van der Waals surface area contributed by atoms with Gasteiger partial charge in [0.25, 0.3) is 5.56 Å². The summed E-state index contributed by atoms with van der Waals surface area (Å²) in [5.41, 5.74) is 0.951. The Morgan fingerprint density at radius 1 is 1.35 bits per heavy atom. The minimum atomic E-state index is -3.28. The zero-order valence-corrected chi connectivity index (χ0v) is 19.3. The van der Waals surface area contributed by atoms with Crippen molar-refractivity contribution in [2.75, 3.05) is 24.7 Å². The number of benzene rings is 1.